The Balaban J connectivity index is 1.62. The number of non-ortho nitro benzene ring substituents is 1. The van der Waals surface area contributed by atoms with Crippen molar-refractivity contribution in [1.82, 2.24) is 4.98 Å². The van der Waals surface area contributed by atoms with E-state index in [-0.39, 0.29) is 17.1 Å². The van der Waals surface area contributed by atoms with Crippen LogP contribution in [0.5, 0.6) is 5.75 Å². The van der Waals surface area contributed by atoms with Crippen molar-refractivity contribution in [3.63, 3.8) is 0 Å². The van der Waals surface area contributed by atoms with Gasteiger partial charge in [0.15, 0.2) is 0 Å². The van der Waals surface area contributed by atoms with E-state index in [1.54, 1.807) is 24.5 Å². The standard InChI is InChI=1S/C19H16N4O5/c24-22(25)16-5-8-18(19(10-16)23(26)27)21-12-14-3-6-17(7-4-14)28-13-15-2-1-9-20-11-15/h1-11,21H,12-13H2. The van der Waals surface area contributed by atoms with Crippen LogP contribution in [0.1, 0.15) is 11.1 Å². The smallest absolute Gasteiger partial charge is 0.299 e. The summed E-state index contributed by atoms with van der Waals surface area (Å²) in [6.45, 7) is 0.724. The van der Waals surface area contributed by atoms with Crippen molar-refractivity contribution in [2.45, 2.75) is 13.2 Å². The highest BCUT2D eigenvalue weighted by atomic mass is 16.6. The van der Waals surface area contributed by atoms with Gasteiger partial charge in [-0.2, -0.15) is 0 Å². The minimum atomic E-state index is -0.666. The monoisotopic (exact) mass is 380 g/mol. The van der Waals surface area contributed by atoms with Crippen molar-refractivity contribution in [2.24, 2.45) is 0 Å². The van der Waals surface area contributed by atoms with Crippen LogP contribution in [0.3, 0.4) is 0 Å². The first kappa shape index (κ1) is 18.8. The van der Waals surface area contributed by atoms with Gasteiger partial charge in [0.1, 0.15) is 18.0 Å². The molecule has 0 unspecified atom stereocenters. The number of hydrogen-bond acceptors (Lipinski definition) is 7. The highest BCUT2D eigenvalue weighted by Crippen LogP contribution is 2.29. The van der Waals surface area contributed by atoms with E-state index in [4.69, 9.17) is 4.74 Å². The molecular formula is C19H16N4O5. The molecule has 142 valence electrons. The number of hydrogen-bond donors (Lipinski definition) is 1. The van der Waals surface area contributed by atoms with Crippen LogP contribution in [0.4, 0.5) is 17.1 Å². The summed E-state index contributed by atoms with van der Waals surface area (Å²) in [4.78, 5) is 24.7. The first-order valence-electron chi connectivity index (χ1n) is 8.30. The molecule has 0 aliphatic heterocycles. The number of benzene rings is 2. The Hall–Kier alpha value is -4.01. The summed E-state index contributed by atoms with van der Waals surface area (Å²) in [6.07, 6.45) is 3.43. The summed E-state index contributed by atoms with van der Waals surface area (Å²) in [7, 11) is 0. The molecule has 0 radical (unpaired) electrons. The molecule has 0 saturated heterocycles. The maximum atomic E-state index is 11.2. The van der Waals surface area contributed by atoms with Crippen molar-refractivity contribution in [3.8, 4) is 5.75 Å². The van der Waals surface area contributed by atoms with Gasteiger partial charge < -0.3 is 10.1 Å². The molecule has 0 aliphatic rings. The maximum Gasteiger partial charge on any atom is 0.299 e. The number of nitro benzene ring substituents is 2. The Morgan fingerprint density at radius 1 is 0.964 bits per heavy atom. The molecule has 0 bridgehead atoms. The lowest BCUT2D eigenvalue weighted by atomic mass is 10.2. The number of anilines is 1. The zero-order valence-electron chi connectivity index (χ0n) is 14.6. The number of pyridine rings is 1. The lowest BCUT2D eigenvalue weighted by molar-refractivity contribution is -0.393. The zero-order valence-corrected chi connectivity index (χ0v) is 14.6. The summed E-state index contributed by atoms with van der Waals surface area (Å²) in [5, 5.41) is 24.9. The van der Waals surface area contributed by atoms with Gasteiger partial charge in [0.2, 0.25) is 0 Å². The number of rotatable bonds is 8. The van der Waals surface area contributed by atoms with Gasteiger partial charge in [-0.25, -0.2) is 0 Å². The number of nitrogens with one attached hydrogen (secondary N) is 1. The third-order valence-electron chi connectivity index (χ3n) is 3.92. The van der Waals surface area contributed by atoms with Crippen LogP contribution in [-0.4, -0.2) is 14.8 Å². The second-order valence-corrected chi connectivity index (χ2v) is 5.86. The van der Waals surface area contributed by atoms with Crippen LogP contribution in [-0.2, 0) is 13.2 Å². The molecule has 0 amide bonds. The molecule has 0 fully saturated rings. The largest absolute Gasteiger partial charge is 0.489 e. The highest BCUT2D eigenvalue weighted by Gasteiger charge is 2.19. The molecule has 0 saturated carbocycles. The van der Waals surface area contributed by atoms with Crippen LogP contribution >= 0.6 is 0 Å². The molecule has 2 aromatic carbocycles. The van der Waals surface area contributed by atoms with Crippen LogP contribution in [0, 0.1) is 20.2 Å². The molecule has 9 nitrogen and oxygen atoms in total. The molecule has 0 atom stereocenters. The first-order valence-corrected chi connectivity index (χ1v) is 8.30. The van der Waals surface area contributed by atoms with Crippen LogP contribution in [0.2, 0.25) is 0 Å². The molecule has 1 heterocycles. The van der Waals surface area contributed by atoms with E-state index in [0.717, 1.165) is 17.2 Å². The van der Waals surface area contributed by atoms with Crippen LogP contribution in [0.25, 0.3) is 0 Å². The predicted molar refractivity (Wildman–Crippen MR) is 102 cm³/mol. The summed E-state index contributed by atoms with van der Waals surface area (Å²) in [5.74, 6) is 0.689. The second-order valence-electron chi connectivity index (χ2n) is 5.86. The Bertz CT molecular complexity index is 977. The van der Waals surface area contributed by atoms with Crippen molar-refractivity contribution in [2.75, 3.05) is 5.32 Å². The van der Waals surface area contributed by atoms with Gasteiger partial charge in [0.05, 0.1) is 15.9 Å². The fourth-order valence-corrected chi connectivity index (χ4v) is 2.49. The van der Waals surface area contributed by atoms with Gasteiger partial charge in [0.25, 0.3) is 11.4 Å². The SMILES string of the molecule is O=[N+]([O-])c1ccc(NCc2ccc(OCc3cccnc3)cc2)c([N+](=O)[O-])c1. The molecule has 0 aliphatic carbocycles. The minimum Gasteiger partial charge on any atom is -0.489 e. The molecule has 1 N–H and O–H groups in total. The Morgan fingerprint density at radius 2 is 1.75 bits per heavy atom. The van der Waals surface area contributed by atoms with E-state index < -0.39 is 9.85 Å². The fourth-order valence-electron chi connectivity index (χ4n) is 2.49. The number of ether oxygens (including phenoxy) is 1. The average molecular weight is 380 g/mol. The van der Waals surface area contributed by atoms with Crippen molar-refractivity contribution >= 4 is 17.1 Å². The van der Waals surface area contributed by atoms with Crippen LogP contribution in [0.15, 0.2) is 67.0 Å². The summed E-state index contributed by atoms with van der Waals surface area (Å²) in [6, 6.07) is 14.5. The zero-order chi connectivity index (χ0) is 19.9. The third-order valence-corrected chi connectivity index (χ3v) is 3.92. The fraction of sp³-hybridized carbons (Fsp3) is 0.105. The highest BCUT2D eigenvalue weighted by molar-refractivity contribution is 5.65. The molecule has 0 spiro atoms. The van der Waals surface area contributed by atoms with Crippen molar-refractivity contribution in [3.05, 3.63) is 98.3 Å². The number of aromatic nitrogens is 1. The predicted octanol–water partition coefficient (Wildman–Crippen LogP) is 4.09. The normalized spacial score (nSPS) is 10.3. The van der Waals surface area contributed by atoms with Crippen LogP contribution < -0.4 is 10.1 Å². The molecular weight excluding hydrogens is 364 g/mol. The van der Waals surface area contributed by atoms with E-state index in [9.17, 15) is 20.2 Å². The Labute approximate surface area is 159 Å². The lowest BCUT2D eigenvalue weighted by Gasteiger charge is -2.09. The average Bonchev–Trinajstić information content (AvgIpc) is 2.72. The van der Waals surface area contributed by atoms with Gasteiger partial charge in [0, 0.05) is 30.6 Å². The lowest BCUT2D eigenvalue weighted by Crippen LogP contribution is -2.03. The maximum absolute atomic E-state index is 11.2. The molecule has 3 aromatic rings. The molecule has 28 heavy (non-hydrogen) atoms. The Kier molecular flexibility index (Phi) is 5.75. The molecule has 3 rings (SSSR count). The summed E-state index contributed by atoms with van der Waals surface area (Å²) < 4.78 is 5.68. The topological polar surface area (TPSA) is 120 Å². The van der Waals surface area contributed by atoms with Crippen molar-refractivity contribution < 1.29 is 14.6 Å². The Morgan fingerprint density at radius 3 is 2.39 bits per heavy atom. The summed E-state index contributed by atoms with van der Waals surface area (Å²) in [5.41, 5.74) is 1.38. The van der Waals surface area contributed by atoms with Gasteiger partial charge in [-0.3, -0.25) is 25.2 Å². The van der Waals surface area contributed by atoms with Crippen molar-refractivity contribution in [1.29, 1.82) is 0 Å². The minimum absolute atomic E-state index is 0.215. The summed E-state index contributed by atoms with van der Waals surface area (Å²) >= 11 is 0. The number of nitrogens with zero attached hydrogens (tertiary/aromatic N) is 3. The molecule has 9 heteroatoms. The number of nitro groups is 2. The van der Waals surface area contributed by atoms with E-state index >= 15 is 0 Å². The van der Waals surface area contributed by atoms with E-state index in [2.05, 4.69) is 10.3 Å². The second kappa shape index (κ2) is 8.58. The van der Waals surface area contributed by atoms with E-state index in [1.165, 1.54) is 12.1 Å². The van der Waals surface area contributed by atoms with E-state index in [0.29, 0.717) is 18.9 Å². The third kappa shape index (κ3) is 4.79. The van der Waals surface area contributed by atoms with Gasteiger partial charge in [-0.05, 0) is 29.8 Å². The van der Waals surface area contributed by atoms with Gasteiger partial charge in [-0.1, -0.05) is 18.2 Å². The molecule has 1 aromatic heterocycles. The first-order chi connectivity index (χ1) is 13.5. The van der Waals surface area contributed by atoms with Gasteiger partial charge in [-0.15, -0.1) is 0 Å². The quantitative estimate of drug-likeness (QED) is 0.461. The van der Waals surface area contributed by atoms with Gasteiger partial charge >= 0.3 is 0 Å². The van der Waals surface area contributed by atoms with E-state index in [1.807, 2.05) is 24.3 Å².